The Labute approximate surface area is 127 Å². The number of rotatable bonds is 9. The van der Waals surface area contributed by atoms with Gasteiger partial charge in [0.15, 0.2) is 5.54 Å². The van der Waals surface area contributed by atoms with E-state index >= 15 is 0 Å². The molecule has 2 atom stereocenters. The third-order valence-corrected chi connectivity index (χ3v) is 3.63. The zero-order valence-corrected chi connectivity index (χ0v) is 12.8. The van der Waals surface area contributed by atoms with Crippen molar-refractivity contribution in [2.24, 2.45) is 0 Å². The van der Waals surface area contributed by atoms with Crippen molar-refractivity contribution in [2.75, 3.05) is 19.8 Å². The van der Waals surface area contributed by atoms with Gasteiger partial charge in [-0.15, -0.1) is 0 Å². The fourth-order valence-electron chi connectivity index (χ4n) is 2.24. The third-order valence-electron chi connectivity index (χ3n) is 3.63. The van der Waals surface area contributed by atoms with Crippen molar-refractivity contribution in [1.82, 2.24) is 5.32 Å². The number of benzene rings is 1. The van der Waals surface area contributed by atoms with Crippen molar-refractivity contribution in [3.05, 3.63) is 35.9 Å². The van der Waals surface area contributed by atoms with Crippen LogP contribution < -0.4 is 5.32 Å². The minimum Gasteiger partial charge on any atom is -0.379 e. The second-order valence-corrected chi connectivity index (χ2v) is 5.58. The molecule has 1 N–H and O–H groups in total. The van der Waals surface area contributed by atoms with E-state index in [-0.39, 0.29) is 6.10 Å². The van der Waals surface area contributed by atoms with E-state index in [9.17, 15) is 5.26 Å². The van der Waals surface area contributed by atoms with Gasteiger partial charge in [0.1, 0.15) is 0 Å². The van der Waals surface area contributed by atoms with Crippen molar-refractivity contribution in [3.63, 3.8) is 0 Å². The number of nitrogens with zero attached hydrogens (tertiary/aromatic N) is 1. The Balaban J connectivity index is 2.06. The Morgan fingerprint density at radius 1 is 1.38 bits per heavy atom. The third kappa shape index (κ3) is 4.53. The van der Waals surface area contributed by atoms with Crippen LogP contribution in [0.1, 0.15) is 32.3 Å². The molecule has 4 heteroatoms. The highest BCUT2D eigenvalue weighted by Gasteiger charge is 2.38. The minimum atomic E-state index is -0.775. The highest BCUT2D eigenvalue weighted by molar-refractivity contribution is 5.32. The maximum atomic E-state index is 9.77. The van der Waals surface area contributed by atoms with Crippen molar-refractivity contribution in [3.8, 4) is 6.07 Å². The first-order valence-electron chi connectivity index (χ1n) is 7.64. The highest BCUT2D eigenvalue weighted by Crippen LogP contribution is 2.29. The predicted octanol–water partition coefficient (Wildman–Crippen LogP) is 2.60. The summed E-state index contributed by atoms with van der Waals surface area (Å²) in [5, 5.41) is 13.2. The number of hydrogen-bond donors (Lipinski definition) is 1. The van der Waals surface area contributed by atoms with Gasteiger partial charge in [0.25, 0.3) is 0 Å². The average Bonchev–Trinajstić information content (AvgIpc) is 3.34. The highest BCUT2D eigenvalue weighted by atomic mass is 16.5. The number of nitrogens with one attached hydrogen (secondary N) is 1. The molecule has 1 aromatic carbocycles. The molecule has 1 fully saturated rings. The Morgan fingerprint density at radius 2 is 2.10 bits per heavy atom. The summed E-state index contributed by atoms with van der Waals surface area (Å²) in [6.07, 6.45) is 2.23. The average molecular weight is 288 g/mol. The zero-order chi connectivity index (χ0) is 15.1. The molecule has 0 amide bonds. The standard InChI is InChI=1S/C17H24N2O2/c1-3-20-11-14(2)21-13-17(12-18,19-16-9-10-16)15-7-5-4-6-8-15/h4-8,14,16,19H,3,9-11,13H2,1-2H3. The molecule has 4 nitrogen and oxygen atoms in total. The smallest absolute Gasteiger partial charge is 0.156 e. The molecule has 114 valence electrons. The lowest BCUT2D eigenvalue weighted by atomic mass is 9.92. The van der Waals surface area contributed by atoms with Gasteiger partial charge in [0.05, 0.1) is 25.4 Å². The quantitative estimate of drug-likeness (QED) is 0.759. The fraction of sp³-hybridized carbons (Fsp3) is 0.588. The molecule has 1 aliphatic carbocycles. The molecule has 1 aliphatic rings. The summed E-state index contributed by atoms with van der Waals surface area (Å²) in [5.41, 5.74) is 0.186. The molecule has 0 bridgehead atoms. The van der Waals surface area contributed by atoms with Gasteiger partial charge in [-0.2, -0.15) is 5.26 Å². The van der Waals surface area contributed by atoms with E-state index in [0.717, 1.165) is 18.4 Å². The number of nitriles is 1. The second kappa shape index (κ2) is 7.56. The van der Waals surface area contributed by atoms with Gasteiger partial charge in [-0.1, -0.05) is 30.3 Å². The summed E-state index contributed by atoms with van der Waals surface area (Å²) in [7, 11) is 0. The van der Waals surface area contributed by atoms with Gasteiger partial charge in [0.2, 0.25) is 0 Å². The van der Waals surface area contributed by atoms with E-state index in [4.69, 9.17) is 9.47 Å². The van der Waals surface area contributed by atoms with E-state index in [0.29, 0.717) is 25.9 Å². The molecule has 0 spiro atoms. The molecule has 1 aromatic rings. The molecule has 0 heterocycles. The molecular weight excluding hydrogens is 264 g/mol. The van der Waals surface area contributed by atoms with Crippen LogP contribution >= 0.6 is 0 Å². The monoisotopic (exact) mass is 288 g/mol. The lowest BCUT2D eigenvalue weighted by Crippen LogP contribution is -2.47. The van der Waals surface area contributed by atoms with E-state index in [1.165, 1.54) is 0 Å². The van der Waals surface area contributed by atoms with E-state index in [1.807, 2.05) is 44.2 Å². The molecule has 0 aromatic heterocycles. The van der Waals surface area contributed by atoms with Crippen LogP contribution in [0.4, 0.5) is 0 Å². The molecule has 21 heavy (non-hydrogen) atoms. The summed E-state index contributed by atoms with van der Waals surface area (Å²) >= 11 is 0. The van der Waals surface area contributed by atoms with Crippen molar-refractivity contribution >= 4 is 0 Å². The van der Waals surface area contributed by atoms with Gasteiger partial charge in [-0.05, 0) is 32.3 Å². The summed E-state index contributed by atoms with van der Waals surface area (Å²) in [4.78, 5) is 0. The molecule has 2 unspecified atom stereocenters. The van der Waals surface area contributed by atoms with Crippen molar-refractivity contribution < 1.29 is 9.47 Å². The van der Waals surface area contributed by atoms with Crippen LogP contribution in [-0.4, -0.2) is 32.0 Å². The number of hydrogen-bond acceptors (Lipinski definition) is 4. The summed E-state index contributed by atoms with van der Waals surface area (Å²) in [6, 6.07) is 12.7. The lowest BCUT2D eigenvalue weighted by molar-refractivity contribution is -0.0212. The molecule has 0 radical (unpaired) electrons. The summed E-state index contributed by atoms with van der Waals surface area (Å²) in [5.74, 6) is 0. The molecule has 0 saturated heterocycles. The van der Waals surface area contributed by atoms with Crippen LogP contribution in [-0.2, 0) is 15.0 Å². The Morgan fingerprint density at radius 3 is 2.67 bits per heavy atom. The second-order valence-electron chi connectivity index (χ2n) is 5.58. The van der Waals surface area contributed by atoms with Crippen LogP contribution in [0.5, 0.6) is 0 Å². The fourth-order valence-corrected chi connectivity index (χ4v) is 2.24. The SMILES string of the molecule is CCOCC(C)OCC(C#N)(NC1CC1)c1ccccc1. The topological polar surface area (TPSA) is 54.3 Å². The van der Waals surface area contributed by atoms with E-state index in [1.54, 1.807) is 0 Å². The summed E-state index contributed by atoms with van der Waals surface area (Å²) in [6.45, 7) is 5.50. The first-order valence-corrected chi connectivity index (χ1v) is 7.64. The Bertz CT molecular complexity index is 467. The molecule has 1 saturated carbocycles. The first kappa shape index (κ1) is 16.0. The predicted molar refractivity (Wildman–Crippen MR) is 81.8 cm³/mol. The Hall–Kier alpha value is -1.41. The lowest BCUT2D eigenvalue weighted by Gasteiger charge is -2.30. The molecule has 2 rings (SSSR count). The van der Waals surface area contributed by atoms with Crippen LogP contribution in [0.2, 0.25) is 0 Å². The van der Waals surface area contributed by atoms with Gasteiger partial charge in [0, 0.05) is 12.6 Å². The van der Waals surface area contributed by atoms with Gasteiger partial charge < -0.3 is 9.47 Å². The van der Waals surface area contributed by atoms with Crippen molar-refractivity contribution in [2.45, 2.75) is 44.4 Å². The van der Waals surface area contributed by atoms with Gasteiger partial charge in [-0.25, -0.2) is 0 Å². The molecular formula is C17H24N2O2. The van der Waals surface area contributed by atoms with Crippen LogP contribution in [0.25, 0.3) is 0 Å². The van der Waals surface area contributed by atoms with Gasteiger partial charge in [-0.3, -0.25) is 5.32 Å². The molecule has 0 aliphatic heterocycles. The van der Waals surface area contributed by atoms with Crippen molar-refractivity contribution in [1.29, 1.82) is 5.26 Å². The van der Waals surface area contributed by atoms with Crippen LogP contribution in [0, 0.1) is 11.3 Å². The minimum absolute atomic E-state index is 0.0256. The van der Waals surface area contributed by atoms with E-state index < -0.39 is 5.54 Å². The maximum Gasteiger partial charge on any atom is 0.156 e. The normalized spacial score (nSPS) is 18.7. The van der Waals surface area contributed by atoms with Gasteiger partial charge >= 0.3 is 0 Å². The van der Waals surface area contributed by atoms with E-state index in [2.05, 4.69) is 11.4 Å². The largest absolute Gasteiger partial charge is 0.379 e. The first-order chi connectivity index (χ1) is 10.2. The van der Waals surface area contributed by atoms with Crippen LogP contribution in [0.3, 0.4) is 0 Å². The Kier molecular flexibility index (Phi) is 5.75. The van der Waals surface area contributed by atoms with Crippen LogP contribution in [0.15, 0.2) is 30.3 Å². The zero-order valence-electron chi connectivity index (χ0n) is 12.8. The summed E-state index contributed by atoms with van der Waals surface area (Å²) < 4.78 is 11.2. The maximum absolute atomic E-state index is 9.77. The number of ether oxygens (including phenoxy) is 2.